The minimum atomic E-state index is 0.289. The van der Waals surface area contributed by atoms with E-state index < -0.39 is 0 Å². The number of likely N-dealkylation sites (tertiary alicyclic amines) is 1. The van der Waals surface area contributed by atoms with Gasteiger partial charge in [0.15, 0.2) is 0 Å². The van der Waals surface area contributed by atoms with Gasteiger partial charge in [-0.3, -0.25) is 4.79 Å². The zero-order valence-corrected chi connectivity index (χ0v) is 9.22. The molecule has 0 unspecified atom stereocenters. The molecule has 76 valence electrons. The fourth-order valence-electron chi connectivity index (χ4n) is 1.97. The first-order valence-corrected chi connectivity index (χ1v) is 5.97. The Balaban J connectivity index is 1.95. The molecule has 1 atom stereocenters. The van der Waals surface area contributed by atoms with Gasteiger partial charge in [-0.15, -0.1) is 11.3 Å². The topological polar surface area (TPSA) is 20.3 Å². The van der Waals surface area contributed by atoms with Gasteiger partial charge in [-0.2, -0.15) is 0 Å². The smallest absolute Gasteiger partial charge is 0.228 e. The third-order valence-corrected chi connectivity index (χ3v) is 3.66. The van der Waals surface area contributed by atoms with Crippen molar-refractivity contribution in [3.63, 3.8) is 0 Å². The van der Waals surface area contributed by atoms with Crippen LogP contribution in [-0.2, 0) is 11.2 Å². The number of rotatable bonds is 2. The van der Waals surface area contributed by atoms with Crippen molar-refractivity contribution in [2.45, 2.75) is 32.2 Å². The van der Waals surface area contributed by atoms with E-state index in [2.05, 4.69) is 6.92 Å². The van der Waals surface area contributed by atoms with Gasteiger partial charge in [0.1, 0.15) is 0 Å². The maximum absolute atomic E-state index is 11.9. The first kappa shape index (κ1) is 9.71. The molecule has 1 amide bonds. The van der Waals surface area contributed by atoms with Gasteiger partial charge >= 0.3 is 0 Å². The highest BCUT2D eigenvalue weighted by Gasteiger charge is 2.24. The van der Waals surface area contributed by atoms with Crippen LogP contribution in [0.5, 0.6) is 0 Å². The van der Waals surface area contributed by atoms with Crippen LogP contribution in [0.15, 0.2) is 17.5 Å². The molecule has 2 heterocycles. The van der Waals surface area contributed by atoms with Crippen LogP contribution >= 0.6 is 11.3 Å². The first-order chi connectivity index (χ1) is 6.77. The molecule has 3 heteroatoms. The lowest BCUT2D eigenvalue weighted by Crippen LogP contribution is -2.34. The molecule has 1 aromatic heterocycles. The van der Waals surface area contributed by atoms with Crippen molar-refractivity contribution in [3.05, 3.63) is 22.4 Å². The molecule has 0 bridgehead atoms. The molecule has 0 aliphatic carbocycles. The minimum absolute atomic E-state index is 0.289. The fourth-order valence-corrected chi connectivity index (χ4v) is 2.66. The van der Waals surface area contributed by atoms with Crippen LogP contribution < -0.4 is 0 Å². The summed E-state index contributed by atoms with van der Waals surface area (Å²) < 4.78 is 0. The summed E-state index contributed by atoms with van der Waals surface area (Å²) >= 11 is 1.66. The van der Waals surface area contributed by atoms with Crippen molar-refractivity contribution >= 4 is 17.2 Å². The highest BCUT2D eigenvalue weighted by Crippen LogP contribution is 2.19. The summed E-state index contributed by atoms with van der Waals surface area (Å²) in [5.41, 5.74) is 0. The zero-order chi connectivity index (χ0) is 9.97. The largest absolute Gasteiger partial charge is 0.340 e. The lowest BCUT2D eigenvalue weighted by atomic mass is 10.2. The van der Waals surface area contributed by atoms with Gasteiger partial charge in [-0.1, -0.05) is 6.07 Å². The van der Waals surface area contributed by atoms with E-state index in [9.17, 15) is 4.79 Å². The summed E-state index contributed by atoms with van der Waals surface area (Å²) in [6, 6.07) is 4.48. The molecule has 2 nitrogen and oxygen atoms in total. The van der Waals surface area contributed by atoms with E-state index >= 15 is 0 Å². The van der Waals surface area contributed by atoms with Gasteiger partial charge < -0.3 is 4.90 Å². The first-order valence-electron chi connectivity index (χ1n) is 5.09. The summed E-state index contributed by atoms with van der Waals surface area (Å²) in [5.74, 6) is 0.289. The molecule has 0 aromatic carbocycles. The van der Waals surface area contributed by atoms with Gasteiger partial charge in [-0.05, 0) is 31.2 Å². The van der Waals surface area contributed by atoms with Crippen LogP contribution in [0.25, 0.3) is 0 Å². The second kappa shape index (κ2) is 4.13. The van der Waals surface area contributed by atoms with E-state index in [1.54, 1.807) is 11.3 Å². The monoisotopic (exact) mass is 209 g/mol. The predicted octanol–water partition coefficient (Wildman–Crippen LogP) is 2.30. The Morgan fingerprint density at radius 3 is 3.14 bits per heavy atom. The summed E-state index contributed by atoms with van der Waals surface area (Å²) in [6.45, 7) is 3.09. The van der Waals surface area contributed by atoms with Crippen molar-refractivity contribution in [1.82, 2.24) is 4.90 Å². The van der Waals surface area contributed by atoms with Crippen LogP contribution in [-0.4, -0.2) is 23.4 Å². The average molecular weight is 209 g/mol. The third kappa shape index (κ3) is 1.98. The van der Waals surface area contributed by atoms with E-state index in [4.69, 9.17) is 0 Å². The summed E-state index contributed by atoms with van der Waals surface area (Å²) in [6.07, 6.45) is 2.91. The number of thiophene rings is 1. The van der Waals surface area contributed by atoms with E-state index in [1.807, 2.05) is 22.4 Å². The maximum Gasteiger partial charge on any atom is 0.228 e. The molecular formula is C11H15NOS. The second-order valence-corrected chi connectivity index (χ2v) is 4.87. The molecule has 14 heavy (non-hydrogen) atoms. The molecule has 2 rings (SSSR count). The standard InChI is InChI=1S/C11H15NOS/c1-9-4-2-6-12(9)11(13)8-10-5-3-7-14-10/h3,5,7,9H,2,4,6,8H2,1H3/t9-/m1/s1. The summed E-state index contributed by atoms with van der Waals surface area (Å²) in [4.78, 5) is 15.0. The van der Waals surface area contributed by atoms with Crippen molar-refractivity contribution in [2.24, 2.45) is 0 Å². The van der Waals surface area contributed by atoms with Crippen LogP contribution in [0.2, 0.25) is 0 Å². The van der Waals surface area contributed by atoms with E-state index in [-0.39, 0.29) is 5.91 Å². The molecule has 1 aromatic rings. The van der Waals surface area contributed by atoms with Gasteiger partial charge in [-0.25, -0.2) is 0 Å². The number of hydrogen-bond acceptors (Lipinski definition) is 2. The quantitative estimate of drug-likeness (QED) is 0.732. The molecule has 1 saturated heterocycles. The van der Waals surface area contributed by atoms with Crippen LogP contribution in [0.1, 0.15) is 24.6 Å². The molecular weight excluding hydrogens is 194 g/mol. The molecule has 0 saturated carbocycles. The Labute approximate surface area is 88.5 Å². The molecule has 1 fully saturated rings. The maximum atomic E-state index is 11.9. The van der Waals surface area contributed by atoms with Crippen molar-refractivity contribution in [2.75, 3.05) is 6.54 Å². The van der Waals surface area contributed by atoms with Crippen molar-refractivity contribution in [1.29, 1.82) is 0 Å². The predicted molar refractivity (Wildman–Crippen MR) is 58.4 cm³/mol. The lowest BCUT2D eigenvalue weighted by molar-refractivity contribution is -0.130. The molecule has 0 N–H and O–H groups in total. The van der Waals surface area contributed by atoms with Crippen LogP contribution in [0.4, 0.5) is 0 Å². The van der Waals surface area contributed by atoms with Gasteiger partial charge in [0, 0.05) is 17.5 Å². The molecule has 1 aliphatic rings. The Morgan fingerprint density at radius 2 is 2.57 bits per heavy atom. The lowest BCUT2D eigenvalue weighted by Gasteiger charge is -2.20. The summed E-state index contributed by atoms with van der Waals surface area (Å²) in [5, 5.41) is 2.02. The molecule has 1 aliphatic heterocycles. The molecule has 0 radical (unpaired) electrons. The van der Waals surface area contributed by atoms with Gasteiger partial charge in [0.25, 0.3) is 0 Å². The zero-order valence-electron chi connectivity index (χ0n) is 8.40. The SMILES string of the molecule is C[C@@H]1CCCN1C(=O)Cc1cccs1. The Kier molecular flexibility index (Phi) is 2.87. The fraction of sp³-hybridized carbons (Fsp3) is 0.545. The average Bonchev–Trinajstić information content (AvgIpc) is 2.75. The number of carbonyl (C=O) groups excluding carboxylic acids is 1. The van der Waals surface area contributed by atoms with Gasteiger partial charge in [0.2, 0.25) is 5.91 Å². The second-order valence-electron chi connectivity index (χ2n) is 3.83. The van der Waals surface area contributed by atoms with Crippen molar-refractivity contribution in [3.8, 4) is 0 Å². The molecule has 0 spiro atoms. The van der Waals surface area contributed by atoms with Crippen LogP contribution in [0, 0.1) is 0 Å². The Hall–Kier alpha value is -0.830. The highest BCUT2D eigenvalue weighted by atomic mass is 32.1. The number of hydrogen-bond donors (Lipinski definition) is 0. The highest BCUT2D eigenvalue weighted by molar-refractivity contribution is 7.10. The number of amides is 1. The number of nitrogens with zero attached hydrogens (tertiary/aromatic N) is 1. The van der Waals surface area contributed by atoms with Crippen LogP contribution in [0.3, 0.4) is 0 Å². The number of carbonyl (C=O) groups is 1. The minimum Gasteiger partial charge on any atom is -0.340 e. The van der Waals surface area contributed by atoms with Gasteiger partial charge in [0.05, 0.1) is 6.42 Å². The Morgan fingerprint density at radius 1 is 1.71 bits per heavy atom. The Bertz CT molecular complexity index is 307. The van der Waals surface area contributed by atoms with E-state index in [0.29, 0.717) is 12.5 Å². The van der Waals surface area contributed by atoms with Crippen molar-refractivity contribution < 1.29 is 4.79 Å². The van der Waals surface area contributed by atoms with E-state index in [1.165, 1.54) is 4.88 Å². The summed E-state index contributed by atoms with van der Waals surface area (Å²) in [7, 11) is 0. The third-order valence-electron chi connectivity index (χ3n) is 2.78. The van der Waals surface area contributed by atoms with E-state index in [0.717, 1.165) is 19.4 Å². The normalized spacial score (nSPS) is 21.5.